The Labute approximate surface area is 162 Å². The number of aryl methyl sites for hydroxylation is 2. The van der Waals surface area contributed by atoms with Gasteiger partial charge in [0.2, 0.25) is 0 Å². The fourth-order valence-electron chi connectivity index (χ4n) is 3.19. The number of rotatable bonds is 4. The Morgan fingerprint density at radius 3 is 2.96 bits per heavy atom. The Kier molecular flexibility index (Phi) is 5.98. The predicted molar refractivity (Wildman–Crippen MR) is 102 cm³/mol. The third kappa shape index (κ3) is 4.45. The van der Waals surface area contributed by atoms with E-state index in [1.54, 1.807) is 0 Å². The second-order valence-corrected chi connectivity index (χ2v) is 7.63. The second-order valence-electron chi connectivity index (χ2n) is 6.72. The number of amides is 2. The number of morpholine rings is 1. The van der Waals surface area contributed by atoms with E-state index in [4.69, 9.17) is 9.26 Å². The number of nitrogens with zero attached hydrogens (tertiary/aromatic N) is 2. The van der Waals surface area contributed by atoms with Crippen LogP contribution in [0.1, 0.15) is 35.6 Å². The number of halogens is 1. The maximum Gasteiger partial charge on any atom is 0.317 e. The maximum atomic E-state index is 12.7. The zero-order valence-electron chi connectivity index (χ0n) is 15.3. The van der Waals surface area contributed by atoms with E-state index < -0.39 is 0 Å². The van der Waals surface area contributed by atoms with Crippen LogP contribution in [0.25, 0.3) is 0 Å². The molecule has 7 heteroatoms. The number of benzene rings is 1. The summed E-state index contributed by atoms with van der Waals surface area (Å²) in [6.45, 7) is 7.48. The van der Waals surface area contributed by atoms with Crippen LogP contribution in [0.4, 0.5) is 4.79 Å². The van der Waals surface area contributed by atoms with Crippen LogP contribution in [-0.4, -0.2) is 41.8 Å². The highest BCUT2D eigenvalue weighted by Crippen LogP contribution is 2.25. The zero-order chi connectivity index (χ0) is 18.7. The van der Waals surface area contributed by atoms with Crippen molar-refractivity contribution in [3.05, 3.63) is 51.3 Å². The molecule has 140 valence electrons. The lowest BCUT2D eigenvalue weighted by atomic mass is 10.1. The van der Waals surface area contributed by atoms with E-state index in [0.717, 1.165) is 27.1 Å². The molecule has 0 radical (unpaired) electrons. The summed E-state index contributed by atoms with van der Waals surface area (Å²) >= 11 is 3.48. The summed E-state index contributed by atoms with van der Waals surface area (Å²) in [4.78, 5) is 14.5. The number of nitrogens with one attached hydrogen (secondary N) is 1. The van der Waals surface area contributed by atoms with Crippen LogP contribution in [-0.2, 0) is 11.2 Å². The minimum atomic E-state index is -0.107. The van der Waals surface area contributed by atoms with Gasteiger partial charge in [-0.05, 0) is 44.9 Å². The Morgan fingerprint density at radius 1 is 1.46 bits per heavy atom. The topological polar surface area (TPSA) is 67.6 Å². The van der Waals surface area contributed by atoms with Crippen molar-refractivity contribution in [3.63, 3.8) is 0 Å². The van der Waals surface area contributed by atoms with E-state index in [9.17, 15) is 4.79 Å². The van der Waals surface area contributed by atoms with Gasteiger partial charge in [0.05, 0.1) is 18.8 Å². The summed E-state index contributed by atoms with van der Waals surface area (Å²) in [7, 11) is 0. The molecule has 26 heavy (non-hydrogen) atoms. The van der Waals surface area contributed by atoms with Gasteiger partial charge in [0.1, 0.15) is 11.9 Å². The van der Waals surface area contributed by atoms with Gasteiger partial charge in [0.25, 0.3) is 0 Å². The van der Waals surface area contributed by atoms with Gasteiger partial charge in [-0.1, -0.05) is 33.2 Å². The van der Waals surface area contributed by atoms with Gasteiger partial charge in [-0.15, -0.1) is 0 Å². The van der Waals surface area contributed by atoms with E-state index in [0.29, 0.717) is 26.1 Å². The molecule has 1 aliphatic heterocycles. The van der Waals surface area contributed by atoms with Crippen molar-refractivity contribution in [1.82, 2.24) is 15.4 Å². The fourth-order valence-corrected chi connectivity index (χ4v) is 3.61. The number of carbonyl (C=O) groups excluding carboxylic acids is 1. The molecule has 3 rings (SSSR count). The molecule has 0 bridgehead atoms. The first-order valence-electron chi connectivity index (χ1n) is 8.78. The van der Waals surface area contributed by atoms with Crippen molar-refractivity contribution in [1.29, 1.82) is 0 Å². The van der Waals surface area contributed by atoms with Crippen LogP contribution in [0.3, 0.4) is 0 Å². The number of urea groups is 1. The van der Waals surface area contributed by atoms with Crippen molar-refractivity contribution >= 4 is 22.0 Å². The molecule has 0 aliphatic carbocycles. The van der Waals surface area contributed by atoms with Crippen molar-refractivity contribution in [2.75, 3.05) is 19.7 Å². The molecular formula is C19H24BrN3O3. The van der Waals surface area contributed by atoms with Gasteiger partial charge < -0.3 is 19.5 Å². The molecule has 1 aliphatic rings. The molecule has 6 nitrogen and oxygen atoms in total. The molecule has 2 amide bonds. The van der Waals surface area contributed by atoms with Gasteiger partial charge in [-0.2, -0.15) is 0 Å². The van der Waals surface area contributed by atoms with Crippen LogP contribution in [0.5, 0.6) is 0 Å². The largest absolute Gasteiger partial charge is 0.370 e. The SMILES string of the molecule is Cc1noc(C)c1CC(C)NC(=O)N1CCOC(c2cccc(Br)c2)C1. The average molecular weight is 422 g/mol. The van der Waals surface area contributed by atoms with E-state index in [2.05, 4.69) is 26.4 Å². The second kappa shape index (κ2) is 8.22. The first-order valence-corrected chi connectivity index (χ1v) is 9.57. The van der Waals surface area contributed by atoms with Gasteiger partial charge in [0, 0.05) is 22.6 Å². The van der Waals surface area contributed by atoms with Gasteiger partial charge in [-0.25, -0.2) is 4.79 Å². The van der Waals surface area contributed by atoms with Gasteiger partial charge in [0.15, 0.2) is 0 Å². The third-order valence-electron chi connectivity index (χ3n) is 4.64. The molecule has 1 saturated heterocycles. The van der Waals surface area contributed by atoms with Crippen molar-refractivity contribution in [3.8, 4) is 0 Å². The molecule has 1 aromatic carbocycles. The van der Waals surface area contributed by atoms with Crippen molar-refractivity contribution < 1.29 is 14.1 Å². The monoisotopic (exact) mass is 421 g/mol. The molecule has 1 N–H and O–H groups in total. The zero-order valence-corrected chi connectivity index (χ0v) is 16.9. The van der Waals surface area contributed by atoms with Gasteiger partial charge in [-0.3, -0.25) is 0 Å². The highest BCUT2D eigenvalue weighted by atomic mass is 79.9. The van der Waals surface area contributed by atoms with Crippen LogP contribution in [0.2, 0.25) is 0 Å². The molecule has 0 spiro atoms. The number of carbonyl (C=O) groups is 1. The van der Waals surface area contributed by atoms with E-state index in [1.165, 1.54) is 0 Å². The highest BCUT2D eigenvalue weighted by Gasteiger charge is 2.26. The molecule has 1 aromatic heterocycles. The first-order chi connectivity index (χ1) is 12.4. The van der Waals surface area contributed by atoms with E-state index in [1.807, 2.05) is 49.9 Å². The number of hydrogen-bond donors (Lipinski definition) is 1. The minimum absolute atomic E-state index is 0.00790. The minimum Gasteiger partial charge on any atom is -0.370 e. The Balaban J connectivity index is 1.59. The number of ether oxygens (including phenoxy) is 1. The molecule has 0 saturated carbocycles. The average Bonchev–Trinajstić information content (AvgIpc) is 2.93. The van der Waals surface area contributed by atoms with E-state index in [-0.39, 0.29) is 18.2 Å². The highest BCUT2D eigenvalue weighted by molar-refractivity contribution is 9.10. The Hall–Kier alpha value is -1.86. The lowest BCUT2D eigenvalue weighted by Gasteiger charge is -2.34. The summed E-state index contributed by atoms with van der Waals surface area (Å²) in [5, 5.41) is 7.05. The normalized spacial score (nSPS) is 18.6. The molecule has 2 heterocycles. The summed E-state index contributed by atoms with van der Waals surface area (Å²) in [5.74, 6) is 0.810. The smallest absolute Gasteiger partial charge is 0.317 e. The predicted octanol–water partition coefficient (Wildman–Crippen LogP) is 3.77. The van der Waals surface area contributed by atoms with Crippen LogP contribution in [0, 0.1) is 13.8 Å². The van der Waals surface area contributed by atoms with Gasteiger partial charge >= 0.3 is 6.03 Å². The lowest BCUT2D eigenvalue weighted by Crippen LogP contribution is -2.49. The molecule has 1 fully saturated rings. The molecule has 2 aromatic rings. The standard InChI is InChI=1S/C19H24BrN3O3/c1-12(9-17-13(2)22-26-14(17)3)21-19(24)23-7-8-25-18(11-23)15-5-4-6-16(20)10-15/h4-6,10,12,18H,7-9,11H2,1-3H3,(H,21,24). The quantitative estimate of drug-likeness (QED) is 0.815. The summed E-state index contributed by atoms with van der Waals surface area (Å²) in [5.41, 5.74) is 3.01. The molecule has 2 unspecified atom stereocenters. The fraction of sp³-hybridized carbons (Fsp3) is 0.474. The lowest BCUT2D eigenvalue weighted by molar-refractivity contribution is -0.0157. The van der Waals surface area contributed by atoms with Crippen LogP contribution in [0.15, 0.2) is 33.3 Å². The Bertz CT molecular complexity index is 758. The third-order valence-corrected chi connectivity index (χ3v) is 5.13. The molecular weight excluding hydrogens is 398 g/mol. The Morgan fingerprint density at radius 2 is 2.27 bits per heavy atom. The number of hydrogen-bond acceptors (Lipinski definition) is 4. The van der Waals surface area contributed by atoms with E-state index >= 15 is 0 Å². The first kappa shape index (κ1) is 18.9. The molecule has 2 atom stereocenters. The van der Waals surface area contributed by atoms with Crippen LogP contribution >= 0.6 is 15.9 Å². The summed E-state index contributed by atoms with van der Waals surface area (Å²) < 4.78 is 12.1. The summed E-state index contributed by atoms with van der Waals surface area (Å²) in [6.07, 6.45) is 0.594. The summed E-state index contributed by atoms with van der Waals surface area (Å²) in [6, 6.07) is 7.95. The van der Waals surface area contributed by atoms with Crippen molar-refractivity contribution in [2.45, 2.75) is 39.3 Å². The maximum absolute atomic E-state index is 12.7. The van der Waals surface area contributed by atoms with Crippen molar-refractivity contribution in [2.24, 2.45) is 0 Å². The van der Waals surface area contributed by atoms with Crippen LogP contribution < -0.4 is 5.32 Å². The number of aromatic nitrogens is 1.